The molecule has 1 saturated heterocycles. The fraction of sp³-hybridized carbons (Fsp3) is 0.750. The zero-order valence-corrected chi connectivity index (χ0v) is 16.0. The molecule has 1 fully saturated rings. The molecule has 1 N–H and O–H groups in total. The molecule has 6 heteroatoms. The predicted molar refractivity (Wildman–Crippen MR) is 93.5 cm³/mol. The van der Waals surface area contributed by atoms with Crippen molar-refractivity contribution in [3.8, 4) is 0 Å². The number of hydrogen-bond acceptors (Lipinski definition) is 3. The molecule has 0 bridgehead atoms. The molecule has 1 heterocycles. The minimum atomic E-state index is -0.553. The lowest BCUT2D eigenvalue weighted by atomic mass is 9.96. The third kappa shape index (κ3) is 4.48. The molecule has 0 aromatic heterocycles. The molecule has 1 aliphatic rings. The van der Waals surface area contributed by atoms with Gasteiger partial charge in [-0.05, 0) is 26.7 Å². The van der Waals surface area contributed by atoms with Crippen LogP contribution in [0.2, 0.25) is 0 Å². The van der Waals surface area contributed by atoms with Crippen LogP contribution in [0.25, 0.3) is 0 Å². The van der Waals surface area contributed by atoms with Gasteiger partial charge in [0.05, 0.1) is 6.04 Å². The van der Waals surface area contributed by atoms with Gasteiger partial charge in [-0.15, -0.1) is 0 Å². The molecule has 0 aliphatic carbocycles. The van der Waals surface area contributed by atoms with Crippen LogP contribution in [0.5, 0.6) is 0 Å². The van der Waals surface area contributed by atoms with Gasteiger partial charge in [-0.3, -0.25) is 10.3 Å². The maximum Gasteiger partial charge on any atom is 0.410 e. The van der Waals surface area contributed by atoms with Crippen molar-refractivity contribution in [3.63, 3.8) is 0 Å². The average Bonchev–Trinajstić information content (AvgIpc) is 2.47. The Morgan fingerprint density at radius 3 is 2.45 bits per heavy atom. The SMILES string of the molecule is C=C1CCN(C(=O)OC(C)(C)C)C([C@H](C)[C@H](C)Br)C(=N)N1C. The largest absolute Gasteiger partial charge is 0.444 e. The Kier molecular flexibility index (Phi) is 6.07. The number of amidine groups is 1. The van der Waals surface area contributed by atoms with Crippen molar-refractivity contribution in [3.05, 3.63) is 12.3 Å². The van der Waals surface area contributed by atoms with E-state index in [0.717, 1.165) is 5.70 Å². The maximum atomic E-state index is 12.6. The summed E-state index contributed by atoms with van der Waals surface area (Å²) in [5.74, 6) is 0.459. The molecule has 22 heavy (non-hydrogen) atoms. The van der Waals surface area contributed by atoms with Crippen molar-refractivity contribution in [1.29, 1.82) is 5.41 Å². The van der Waals surface area contributed by atoms with E-state index in [2.05, 4.69) is 22.5 Å². The second-order valence-corrected chi connectivity index (χ2v) is 8.36. The number of rotatable bonds is 2. The summed E-state index contributed by atoms with van der Waals surface area (Å²) in [6.45, 7) is 14.1. The molecule has 1 aliphatic heterocycles. The van der Waals surface area contributed by atoms with E-state index in [1.165, 1.54) is 0 Å². The number of amides is 1. The standard InChI is InChI=1S/C16H28BrN3O2/c1-10-8-9-20(15(21)22-16(4,5)6)13(11(2)12(3)17)14(18)19(10)7/h11-13,18H,1,8-9H2,2-7H3/t11-,12+,13?/m1/s1. The highest BCUT2D eigenvalue weighted by Gasteiger charge is 2.39. The summed E-state index contributed by atoms with van der Waals surface area (Å²) in [5, 5.41) is 8.50. The zero-order chi connectivity index (χ0) is 17.2. The van der Waals surface area contributed by atoms with E-state index in [1.807, 2.05) is 41.7 Å². The van der Waals surface area contributed by atoms with Crippen molar-refractivity contribution in [2.24, 2.45) is 5.92 Å². The lowest BCUT2D eigenvalue weighted by Gasteiger charge is -2.37. The molecule has 0 aromatic rings. The fourth-order valence-electron chi connectivity index (χ4n) is 2.38. The Morgan fingerprint density at radius 2 is 2.00 bits per heavy atom. The molecular weight excluding hydrogens is 346 g/mol. The quantitative estimate of drug-likeness (QED) is 0.748. The number of ether oxygens (including phenoxy) is 1. The van der Waals surface area contributed by atoms with Gasteiger partial charge in [-0.2, -0.15) is 0 Å². The fourth-order valence-corrected chi connectivity index (χ4v) is 2.67. The minimum absolute atomic E-state index is 0.0772. The molecule has 3 atom stereocenters. The van der Waals surface area contributed by atoms with Crippen LogP contribution in [-0.2, 0) is 4.74 Å². The molecule has 126 valence electrons. The van der Waals surface area contributed by atoms with Crippen LogP contribution in [-0.4, -0.2) is 51.8 Å². The van der Waals surface area contributed by atoms with Crippen LogP contribution in [0.15, 0.2) is 12.3 Å². The Morgan fingerprint density at radius 1 is 1.45 bits per heavy atom. The maximum absolute atomic E-state index is 12.6. The van der Waals surface area contributed by atoms with E-state index in [-0.39, 0.29) is 22.9 Å². The number of carbonyl (C=O) groups excluding carboxylic acids is 1. The lowest BCUT2D eigenvalue weighted by molar-refractivity contribution is 0.0179. The first-order valence-electron chi connectivity index (χ1n) is 7.59. The van der Waals surface area contributed by atoms with Gasteiger partial charge in [0.1, 0.15) is 11.4 Å². The second kappa shape index (κ2) is 7.02. The molecule has 1 unspecified atom stereocenters. The highest BCUT2D eigenvalue weighted by molar-refractivity contribution is 9.09. The van der Waals surface area contributed by atoms with Gasteiger partial charge in [0.15, 0.2) is 0 Å². The molecule has 0 saturated carbocycles. The number of likely N-dealkylation sites (N-methyl/N-ethyl adjacent to an activating group) is 1. The summed E-state index contributed by atoms with van der Waals surface area (Å²) in [5.41, 5.74) is 0.290. The van der Waals surface area contributed by atoms with Gasteiger partial charge in [-0.25, -0.2) is 4.79 Å². The van der Waals surface area contributed by atoms with Crippen molar-refractivity contribution >= 4 is 27.9 Å². The summed E-state index contributed by atoms with van der Waals surface area (Å²) in [7, 11) is 1.84. The predicted octanol–water partition coefficient (Wildman–Crippen LogP) is 3.84. The van der Waals surface area contributed by atoms with E-state index >= 15 is 0 Å². The lowest BCUT2D eigenvalue weighted by Crippen LogP contribution is -2.53. The number of nitrogens with one attached hydrogen (secondary N) is 1. The monoisotopic (exact) mass is 373 g/mol. The van der Waals surface area contributed by atoms with Gasteiger partial charge in [-0.1, -0.05) is 36.4 Å². The van der Waals surface area contributed by atoms with Crippen molar-refractivity contribution < 1.29 is 9.53 Å². The van der Waals surface area contributed by atoms with Crippen LogP contribution < -0.4 is 0 Å². The summed E-state index contributed by atoms with van der Waals surface area (Å²) >= 11 is 3.58. The molecule has 1 rings (SSSR count). The molecule has 0 aromatic carbocycles. The van der Waals surface area contributed by atoms with Crippen LogP contribution >= 0.6 is 15.9 Å². The Hall–Kier alpha value is -1.04. The normalized spacial score (nSPS) is 23.1. The van der Waals surface area contributed by atoms with Crippen molar-refractivity contribution in [2.45, 2.75) is 57.5 Å². The van der Waals surface area contributed by atoms with Crippen LogP contribution in [0.4, 0.5) is 4.79 Å². The number of hydrogen-bond donors (Lipinski definition) is 1. The van der Waals surface area contributed by atoms with Crippen molar-refractivity contribution in [2.75, 3.05) is 13.6 Å². The van der Waals surface area contributed by atoms with Gasteiger partial charge in [0, 0.05) is 30.5 Å². The Bertz CT molecular complexity index is 457. The summed E-state index contributed by atoms with van der Waals surface area (Å²) in [6.07, 6.45) is 0.267. The first-order valence-corrected chi connectivity index (χ1v) is 8.51. The number of alkyl halides is 1. The number of nitrogens with zero attached hydrogens (tertiary/aromatic N) is 2. The third-order valence-corrected chi connectivity index (χ3v) is 4.78. The summed E-state index contributed by atoms with van der Waals surface area (Å²) < 4.78 is 5.54. The van der Waals surface area contributed by atoms with Crippen LogP contribution in [0, 0.1) is 11.3 Å². The Labute approximate surface area is 142 Å². The minimum Gasteiger partial charge on any atom is -0.444 e. The molecule has 0 spiro atoms. The highest BCUT2D eigenvalue weighted by Crippen LogP contribution is 2.28. The van der Waals surface area contributed by atoms with Gasteiger partial charge in [0.2, 0.25) is 0 Å². The van der Waals surface area contributed by atoms with E-state index in [9.17, 15) is 4.79 Å². The van der Waals surface area contributed by atoms with Crippen LogP contribution in [0.1, 0.15) is 41.0 Å². The Balaban J connectivity index is 3.16. The van der Waals surface area contributed by atoms with E-state index in [0.29, 0.717) is 18.8 Å². The van der Waals surface area contributed by atoms with Crippen molar-refractivity contribution in [1.82, 2.24) is 9.80 Å². The summed E-state index contributed by atoms with van der Waals surface area (Å²) in [6, 6.07) is -0.339. The number of halogens is 1. The molecular formula is C16H28BrN3O2. The smallest absolute Gasteiger partial charge is 0.410 e. The first kappa shape index (κ1) is 19.0. The summed E-state index contributed by atoms with van der Waals surface area (Å²) in [4.78, 5) is 16.2. The second-order valence-electron chi connectivity index (χ2n) is 6.92. The molecule has 5 nitrogen and oxygen atoms in total. The van der Waals surface area contributed by atoms with Gasteiger partial charge >= 0.3 is 6.09 Å². The first-order chi connectivity index (χ1) is 9.95. The van der Waals surface area contributed by atoms with E-state index in [4.69, 9.17) is 10.1 Å². The van der Waals surface area contributed by atoms with Gasteiger partial charge < -0.3 is 9.64 Å². The van der Waals surface area contributed by atoms with Crippen LogP contribution in [0.3, 0.4) is 0 Å². The van der Waals surface area contributed by atoms with E-state index in [1.54, 1.807) is 9.80 Å². The van der Waals surface area contributed by atoms with E-state index < -0.39 is 5.60 Å². The molecule has 1 amide bonds. The number of carbonyl (C=O) groups is 1. The highest BCUT2D eigenvalue weighted by atomic mass is 79.9. The van der Waals surface area contributed by atoms with Gasteiger partial charge in [0.25, 0.3) is 0 Å². The topological polar surface area (TPSA) is 56.6 Å². The average molecular weight is 374 g/mol. The zero-order valence-electron chi connectivity index (χ0n) is 14.4. The third-order valence-electron chi connectivity index (χ3n) is 3.94. The molecule has 0 radical (unpaired) electrons.